The van der Waals surface area contributed by atoms with E-state index in [4.69, 9.17) is 35.7 Å². The number of methoxy groups -OCH3 is 2. The summed E-state index contributed by atoms with van der Waals surface area (Å²) in [5.41, 5.74) is 1.67. The number of Topliss-reactive ketones (excluding diaryl/α,β-unsaturated/α-hetero) is 1. The van der Waals surface area contributed by atoms with Crippen molar-refractivity contribution in [1.82, 2.24) is 5.32 Å². The molecular formula is C26H24ClNO8. The molecule has 0 aromatic heterocycles. The number of nitrogens with one attached hydrogen (secondary N) is 1. The van der Waals surface area contributed by atoms with Crippen LogP contribution in [-0.4, -0.2) is 43.5 Å². The van der Waals surface area contributed by atoms with Crippen molar-refractivity contribution < 1.29 is 38.4 Å². The van der Waals surface area contributed by atoms with E-state index in [1.807, 2.05) is 24.3 Å². The van der Waals surface area contributed by atoms with Crippen LogP contribution >= 0.6 is 11.6 Å². The molecule has 0 aliphatic heterocycles. The van der Waals surface area contributed by atoms with Gasteiger partial charge in [-0.1, -0.05) is 35.9 Å². The van der Waals surface area contributed by atoms with Gasteiger partial charge >= 0.3 is 5.97 Å². The van der Waals surface area contributed by atoms with Gasteiger partial charge in [-0.15, -0.1) is 0 Å². The number of ketones is 1. The van der Waals surface area contributed by atoms with Crippen molar-refractivity contribution in [2.24, 2.45) is 0 Å². The maximum atomic E-state index is 12.6. The summed E-state index contributed by atoms with van der Waals surface area (Å²) < 4.78 is 22.2. The minimum Gasteiger partial charge on any atom is -0.497 e. The molecule has 3 aromatic carbocycles. The van der Waals surface area contributed by atoms with Crippen molar-refractivity contribution in [3.63, 3.8) is 0 Å². The van der Waals surface area contributed by atoms with Crippen LogP contribution in [0.4, 0.5) is 0 Å². The Kier molecular flexibility index (Phi) is 9.13. The van der Waals surface area contributed by atoms with Gasteiger partial charge in [-0.25, -0.2) is 4.79 Å². The lowest BCUT2D eigenvalue weighted by Gasteiger charge is -2.17. The molecule has 0 heterocycles. The second kappa shape index (κ2) is 12.5. The fourth-order valence-corrected chi connectivity index (χ4v) is 3.35. The van der Waals surface area contributed by atoms with Crippen LogP contribution in [-0.2, 0) is 22.8 Å². The molecule has 3 rings (SSSR count). The van der Waals surface area contributed by atoms with Crippen molar-refractivity contribution in [2.75, 3.05) is 20.8 Å². The Balaban J connectivity index is 1.83. The number of carbonyl (C=O) groups excluding carboxylic acids is 2. The van der Waals surface area contributed by atoms with Gasteiger partial charge in [0.2, 0.25) is 0 Å². The Hall–Kier alpha value is -4.24. The third-order valence-electron chi connectivity index (χ3n) is 5.05. The number of halogens is 1. The Morgan fingerprint density at radius 2 is 1.33 bits per heavy atom. The number of benzene rings is 3. The first-order valence-electron chi connectivity index (χ1n) is 10.7. The summed E-state index contributed by atoms with van der Waals surface area (Å²) in [6, 6.07) is 17.4. The number of hydrogen-bond donors (Lipinski definition) is 2. The molecule has 0 aliphatic rings. The highest BCUT2D eigenvalue weighted by Crippen LogP contribution is 2.39. The van der Waals surface area contributed by atoms with Gasteiger partial charge in [0.25, 0.3) is 11.7 Å². The topological polar surface area (TPSA) is 120 Å². The van der Waals surface area contributed by atoms with Crippen LogP contribution in [0.2, 0.25) is 5.02 Å². The SMILES string of the molecule is COc1ccc(COc2ccc(C(=O)NCC(=O)C(=O)O)c(Cl)c2OCc2ccc(OC)cc2)cc1. The number of aliphatic carboxylic acids is 1. The summed E-state index contributed by atoms with van der Waals surface area (Å²) >= 11 is 6.52. The molecule has 0 saturated heterocycles. The maximum Gasteiger partial charge on any atom is 0.374 e. The zero-order valence-corrected chi connectivity index (χ0v) is 20.3. The first-order valence-corrected chi connectivity index (χ1v) is 11.1. The molecule has 0 spiro atoms. The molecule has 10 heteroatoms. The molecule has 0 saturated carbocycles. The highest BCUT2D eigenvalue weighted by Gasteiger charge is 2.21. The quantitative estimate of drug-likeness (QED) is 0.350. The van der Waals surface area contributed by atoms with Gasteiger partial charge in [0.05, 0.1) is 31.4 Å². The van der Waals surface area contributed by atoms with Crippen molar-refractivity contribution in [3.8, 4) is 23.0 Å². The van der Waals surface area contributed by atoms with Crippen LogP contribution in [0.3, 0.4) is 0 Å². The standard InChI is InChI=1S/C26H24ClNO8/c1-33-18-7-3-16(4-8-18)14-35-22-12-11-20(25(30)28-13-21(29)26(31)32)23(27)24(22)36-15-17-5-9-19(34-2)10-6-17/h3-12H,13-15H2,1-2H3,(H,28,30)(H,31,32). The normalized spacial score (nSPS) is 10.3. The third kappa shape index (κ3) is 6.89. The molecular weight excluding hydrogens is 490 g/mol. The predicted molar refractivity (Wildman–Crippen MR) is 131 cm³/mol. The lowest BCUT2D eigenvalue weighted by molar-refractivity contribution is -0.148. The van der Waals surface area contributed by atoms with Gasteiger partial charge in [0.1, 0.15) is 24.7 Å². The number of carbonyl (C=O) groups is 3. The van der Waals surface area contributed by atoms with Crippen LogP contribution in [0.15, 0.2) is 60.7 Å². The number of amides is 1. The van der Waals surface area contributed by atoms with Crippen molar-refractivity contribution in [3.05, 3.63) is 82.4 Å². The van der Waals surface area contributed by atoms with E-state index in [0.717, 1.165) is 11.1 Å². The van der Waals surface area contributed by atoms with Crippen LogP contribution in [0, 0.1) is 0 Å². The molecule has 9 nitrogen and oxygen atoms in total. The summed E-state index contributed by atoms with van der Waals surface area (Å²) in [5.74, 6) is -1.72. The molecule has 0 fully saturated rings. The minimum atomic E-state index is -1.65. The largest absolute Gasteiger partial charge is 0.497 e. The summed E-state index contributed by atoms with van der Waals surface area (Å²) in [7, 11) is 3.15. The molecule has 0 unspecified atom stereocenters. The second-order valence-corrected chi connectivity index (χ2v) is 7.82. The molecule has 36 heavy (non-hydrogen) atoms. The van der Waals surface area contributed by atoms with E-state index in [2.05, 4.69) is 5.32 Å². The van der Waals surface area contributed by atoms with E-state index in [0.29, 0.717) is 17.2 Å². The first-order chi connectivity index (χ1) is 17.3. The Labute approximate surface area is 212 Å². The van der Waals surface area contributed by atoms with Gasteiger partial charge in [-0.2, -0.15) is 0 Å². The minimum absolute atomic E-state index is 0.00335. The predicted octanol–water partition coefficient (Wildman–Crippen LogP) is 3.90. The molecule has 0 radical (unpaired) electrons. The Morgan fingerprint density at radius 3 is 1.83 bits per heavy atom. The summed E-state index contributed by atoms with van der Waals surface area (Å²) in [6.07, 6.45) is 0. The van der Waals surface area contributed by atoms with Gasteiger partial charge in [-0.3, -0.25) is 9.59 Å². The van der Waals surface area contributed by atoms with Gasteiger partial charge in [-0.05, 0) is 47.5 Å². The Bertz CT molecular complexity index is 1230. The second-order valence-electron chi connectivity index (χ2n) is 7.44. The molecule has 3 aromatic rings. The molecule has 0 bridgehead atoms. The lowest BCUT2D eigenvalue weighted by atomic mass is 10.1. The van der Waals surface area contributed by atoms with Crippen LogP contribution in [0.25, 0.3) is 0 Å². The molecule has 2 N–H and O–H groups in total. The number of ether oxygens (including phenoxy) is 4. The summed E-state index contributed by atoms with van der Waals surface area (Å²) in [6.45, 7) is -0.370. The van der Waals surface area contributed by atoms with E-state index in [9.17, 15) is 14.4 Å². The van der Waals surface area contributed by atoms with Gasteiger partial charge in [0, 0.05) is 0 Å². The van der Waals surface area contributed by atoms with Gasteiger partial charge in [0.15, 0.2) is 11.5 Å². The van der Waals surface area contributed by atoms with Gasteiger partial charge < -0.3 is 29.4 Å². The Morgan fingerprint density at radius 1 is 0.806 bits per heavy atom. The van der Waals surface area contributed by atoms with E-state index in [1.54, 1.807) is 38.5 Å². The van der Waals surface area contributed by atoms with E-state index >= 15 is 0 Å². The molecule has 188 valence electrons. The fourth-order valence-electron chi connectivity index (χ4n) is 3.05. The van der Waals surface area contributed by atoms with Crippen molar-refractivity contribution in [1.29, 1.82) is 0 Å². The number of carboxylic acids is 1. The zero-order chi connectivity index (χ0) is 26.1. The number of carboxylic acid groups (broad SMARTS) is 1. The highest BCUT2D eigenvalue weighted by molar-refractivity contribution is 6.36. The maximum absolute atomic E-state index is 12.6. The average molecular weight is 514 g/mol. The molecule has 0 atom stereocenters. The smallest absolute Gasteiger partial charge is 0.374 e. The van der Waals surface area contributed by atoms with Crippen molar-refractivity contribution in [2.45, 2.75) is 13.2 Å². The van der Waals surface area contributed by atoms with Crippen molar-refractivity contribution >= 4 is 29.3 Å². The summed E-state index contributed by atoms with van der Waals surface area (Å²) in [5, 5.41) is 10.9. The molecule has 0 aliphatic carbocycles. The molecule has 1 amide bonds. The number of rotatable bonds is 12. The van der Waals surface area contributed by atoms with Crippen LogP contribution < -0.4 is 24.3 Å². The monoisotopic (exact) mass is 513 g/mol. The van der Waals surface area contributed by atoms with E-state index in [1.165, 1.54) is 12.1 Å². The summed E-state index contributed by atoms with van der Waals surface area (Å²) in [4.78, 5) is 34.6. The highest BCUT2D eigenvalue weighted by atomic mass is 35.5. The first kappa shape index (κ1) is 26.4. The van der Waals surface area contributed by atoms with Crippen LogP contribution in [0.1, 0.15) is 21.5 Å². The van der Waals surface area contributed by atoms with E-state index < -0.39 is 24.2 Å². The third-order valence-corrected chi connectivity index (χ3v) is 5.42. The van der Waals surface area contributed by atoms with E-state index in [-0.39, 0.29) is 29.5 Å². The zero-order valence-electron chi connectivity index (χ0n) is 19.6. The number of hydrogen-bond acceptors (Lipinski definition) is 7. The lowest BCUT2D eigenvalue weighted by Crippen LogP contribution is -2.33. The average Bonchev–Trinajstić information content (AvgIpc) is 2.90. The van der Waals surface area contributed by atoms with Crippen LogP contribution in [0.5, 0.6) is 23.0 Å². The fraction of sp³-hybridized carbons (Fsp3) is 0.192.